The van der Waals surface area contributed by atoms with Crippen LogP contribution >= 0.6 is 0 Å². The minimum absolute atomic E-state index is 0.403. The van der Waals surface area contributed by atoms with Crippen molar-refractivity contribution in [3.63, 3.8) is 0 Å². The van der Waals surface area contributed by atoms with Crippen LogP contribution in [0.3, 0.4) is 0 Å². The van der Waals surface area contributed by atoms with Gasteiger partial charge in [0, 0.05) is 17.1 Å². The summed E-state index contributed by atoms with van der Waals surface area (Å²) in [7, 11) is 1.49. The predicted octanol–water partition coefficient (Wildman–Crippen LogP) is 3.46. The molecular weight excluding hydrogens is 269 g/mol. The number of benzene rings is 2. The summed E-state index contributed by atoms with van der Waals surface area (Å²) in [6.07, 6.45) is 0.758. The smallest absolute Gasteiger partial charge is 0.125 e. The van der Waals surface area contributed by atoms with Crippen LogP contribution in [-0.2, 0) is 0 Å². The topological polar surface area (TPSA) is 42.4 Å². The minimum atomic E-state index is -0.958. The highest BCUT2D eigenvalue weighted by Crippen LogP contribution is 2.31. The summed E-state index contributed by atoms with van der Waals surface area (Å²) in [6.45, 7) is 0. The van der Waals surface area contributed by atoms with E-state index in [2.05, 4.69) is 4.98 Å². The van der Waals surface area contributed by atoms with Gasteiger partial charge >= 0.3 is 0 Å². The van der Waals surface area contributed by atoms with Crippen molar-refractivity contribution in [2.24, 2.45) is 0 Å². The van der Waals surface area contributed by atoms with E-state index in [1.165, 1.54) is 25.3 Å². The molecule has 4 heteroatoms. The quantitative estimate of drug-likeness (QED) is 0.800. The first-order valence-corrected chi connectivity index (χ1v) is 6.55. The molecule has 0 aliphatic heterocycles. The zero-order valence-corrected chi connectivity index (χ0v) is 11.5. The molecule has 0 bridgehead atoms. The second kappa shape index (κ2) is 5.50. The zero-order chi connectivity index (χ0) is 14.8. The molecule has 0 aliphatic rings. The fraction of sp³-hybridized carbons (Fsp3) is 0.118. The molecule has 1 aromatic heterocycles. The molecule has 0 saturated heterocycles. The zero-order valence-electron chi connectivity index (χ0n) is 11.5. The van der Waals surface area contributed by atoms with Gasteiger partial charge in [0.15, 0.2) is 0 Å². The van der Waals surface area contributed by atoms with Gasteiger partial charge in [0.05, 0.1) is 12.6 Å². The van der Waals surface area contributed by atoms with Crippen LogP contribution < -0.4 is 4.74 Å². The maximum absolute atomic E-state index is 13.4. The van der Waals surface area contributed by atoms with Gasteiger partial charge < -0.3 is 9.84 Å². The highest BCUT2D eigenvalue weighted by Gasteiger charge is 2.16. The molecule has 3 aromatic rings. The van der Waals surface area contributed by atoms with Crippen molar-refractivity contribution < 1.29 is 14.2 Å². The minimum Gasteiger partial charge on any atom is -0.496 e. The molecule has 0 amide bonds. The van der Waals surface area contributed by atoms with Crippen LogP contribution in [0.2, 0.25) is 0 Å². The highest BCUT2D eigenvalue weighted by molar-refractivity contribution is 5.79. The van der Waals surface area contributed by atoms with E-state index in [1.807, 2.05) is 24.3 Å². The molecule has 1 unspecified atom stereocenters. The van der Waals surface area contributed by atoms with E-state index in [0.717, 1.165) is 10.9 Å². The number of halogens is 1. The fourth-order valence-corrected chi connectivity index (χ4v) is 2.36. The van der Waals surface area contributed by atoms with Gasteiger partial charge in [-0.1, -0.05) is 12.1 Å². The van der Waals surface area contributed by atoms with Gasteiger partial charge in [-0.2, -0.15) is 0 Å². The maximum Gasteiger partial charge on any atom is 0.125 e. The van der Waals surface area contributed by atoms with E-state index in [0.29, 0.717) is 16.9 Å². The first-order valence-electron chi connectivity index (χ1n) is 6.55. The van der Waals surface area contributed by atoms with Gasteiger partial charge in [-0.3, -0.25) is 4.98 Å². The Bertz CT molecular complexity index is 789. The lowest BCUT2D eigenvalue weighted by Gasteiger charge is -2.15. The molecule has 0 aliphatic carbocycles. The summed E-state index contributed by atoms with van der Waals surface area (Å²) >= 11 is 0. The van der Waals surface area contributed by atoms with E-state index in [9.17, 15) is 9.50 Å². The Hall–Kier alpha value is -2.46. The molecule has 21 heavy (non-hydrogen) atoms. The molecule has 1 N–H and O–H groups in total. The lowest BCUT2D eigenvalue weighted by Crippen LogP contribution is -2.03. The van der Waals surface area contributed by atoms with Crippen molar-refractivity contribution >= 4 is 10.9 Å². The molecule has 3 nitrogen and oxygen atoms in total. The monoisotopic (exact) mass is 283 g/mol. The third-order valence-corrected chi connectivity index (χ3v) is 3.43. The summed E-state index contributed by atoms with van der Waals surface area (Å²) in [5, 5.41) is 11.4. The van der Waals surface area contributed by atoms with Crippen molar-refractivity contribution in [1.29, 1.82) is 0 Å². The molecule has 0 spiro atoms. The van der Waals surface area contributed by atoms with Crippen LogP contribution in [0.4, 0.5) is 4.39 Å². The molecule has 0 fully saturated rings. The largest absolute Gasteiger partial charge is 0.496 e. The number of rotatable bonds is 3. The number of methoxy groups -OCH3 is 1. The Morgan fingerprint density at radius 1 is 1.14 bits per heavy atom. The summed E-state index contributed by atoms with van der Waals surface area (Å²) in [5.74, 6) is 0.0440. The van der Waals surface area contributed by atoms with E-state index < -0.39 is 11.9 Å². The van der Waals surface area contributed by atoms with Crippen molar-refractivity contribution in [1.82, 2.24) is 4.98 Å². The van der Waals surface area contributed by atoms with Gasteiger partial charge in [-0.25, -0.2) is 4.39 Å². The van der Waals surface area contributed by atoms with Gasteiger partial charge in [-0.15, -0.1) is 0 Å². The average Bonchev–Trinajstić information content (AvgIpc) is 2.53. The van der Waals surface area contributed by atoms with E-state index in [1.54, 1.807) is 12.3 Å². The fourth-order valence-electron chi connectivity index (χ4n) is 2.36. The lowest BCUT2D eigenvalue weighted by molar-refractivity contribution is 0.214. The van der Waals surface area contributed by atoms with Crippen LogP contribution in [0, 0.1) is 5.82 Å². The maximum atomic E-state index is 13.4. The first kappa shape index (κ1) is 13.5. The number of ether oxygens (including phenoxy) is 1. The van der Waals surface area contributed by atoms with Crippen molar-refractivity contribution in [2.75, 3.05) is 7.11 Å². The Kier molecular flexibility index (Phi) is 3.54. The molecular formula is C17H14FNO2. The summed E-state index contributed by atoms with van der Waals surface area (Å²) in [6, 6.07) is 13.3. The van der Waals surface area contributed by atoms with Crippen molar-refractivity contribution in [3.8, 4) is 5.75 Å². The highest BCUT2D eigenvalue weighted by atomic mass is 19.1. The van der Waals surface area contributed by atoms with Crippen molar-refractivity contribution in [3.05, 3.63) is 71.7 Å². The predicted molar refractivity (Wildman–Crippen MR) is 78.8 cm³/mol. The van der Waals surface area contributed by atoms with Crippen LogP contribution in [0.5, 0.6) is 5.75 Å². The third-order valence-electron chi connectivity index (χ3n) is 3.43. The molecule has 1 atom stereocenters. The number of aliphatic hydroxyl groups excluding tert-OH is 1. The summed E-state index contributed by atoms with van der Waals surface area (Å²) in [5.41, 5.74) is 1.92. The molecule has 2 aromatic carbocycles. The Labute approximate surface area is 121 Å². The van der Waals surface area contributed by atoms with Crippen LogP contribution in [0.25, 0.3) is 10.9 Å². The average molecular weight is 283 g/mol. The van der Waals surface area contributed by atoms with Crippen LogP contribution in [0.1, 0.15) is 17.2 Å². The molecule has 0 saturated carbocycles. The van der Waals surface area contributed by atoms with Gasteiger partial charge in [0.25, 0.3) is 0 Å². The van der Waals surface area contributed by atoms with Gasteiger partial charge in [0.2, 0.25) is 0 Å². The molecule has 0 radical (unpaired) electrons. The molecule has 106 valence electrons. The second-order valence-electron chi connectivity index (χ2n) is 4.74. The number of hydrogen-bond acceptors (Lipinski definition) is 3. The standard InChI is InChI=1S/C17H14FNO2/c1-21-16-7-5-13(18)10-14(16)17(20)12-4-6-15-11(9-12)3-2-8-19-15/h2-10,17,20H,1H3. The van der Waals surface area contributed by atoms with Crippen LogP contribution in [0.15, 0.2) is 54.7 Å². The van der Waals surface area contributed by atoms with Crippen molar-refractivity contribution in [2.45, 2.75) is 6.10 Å². The number of aliphatic hydroxyl groups is 1. The number of hydrogen-bond donors (Lipinski definition) is 1. The Balaban J connectivity index is 2.07. The summed E-state index contributed by atoms with van der Waals surface area (Å²) in [4.78, 5) is 4.24. The Morgan fingerprint density at radius 2 is 2.00 bits per heavy atom. The SMILES string of the molecule is COc1ccc(F)cc1C(O)c1ccc2ncccc2c1. The summed E-state index contributed by atoms with van der Waals surface area (Å²) < 4.78 is 18.6. The Morgan fingerprint density at radius 3 is 2.81 bits per heavy atom. The number of fused-ring (bicyclic) bond motifs is 1. The number of nitrogens with zero attached hydrogens (tertiary/aromatic N) is 1. The van der Waals surface area contributed by atoms with Gasteiger partial charge in [0.1, 0.15) is 17.7 Å². The van der Waals surface area contributed by atoms with E-state index in [4.69, 9.17) is 4.74 Å². The molecule has 1 heterocycles. The number of pyridine rings is 1. The number of aromatic nitrogens is 1. The molecule has 3 rings (SSSR count). The van der Waals surface area contributed by atoms with E-state index in [-0.39, 0.29) is 0 Å². The second-order valence-corrected chi connectivity index (χ2v) is 4.74. The van der Waals surface area contributed by atoms with Gasteiger partial charge in [-0.05, 0) is 42.0 Å². The lowest BCUT2D eigenvalue weighted by atomic mass is 9.99. The normalized spacial score (nSPS) is 12.3. The first-order chi connectivity index (χ1) is 10.2. The van der Waals surface area contributed by atoms with Crippen LogP contribution in [-0.4, -0.2) is 17.2 Å². The third kappa shape index (κ3) is 2.58. The van der Waals surface area contributed by atoms with E-state index >= 15 is 0 Å².